The van der Waals surface area contributed by atoms with E-state index in [1.807, 2.05) is 25.1 Å². The minimum absolute atomic E-state index is 0. The summed E-state index contributed by atoms with van der Waals surface area (Å²) in [5.74, 6) is -0.117. The molecule has 0 aliphatic heterocycles. The molecule has 0 aliphatic rings. The Morgan fingerprint density at radius 2 is 2.06 bits per heavy atom. The van der Waals surface area contributed by atoms with Gasteiger partial charge in [-0.2, -0.15) is 0 Å². The molecule has 1 aromatic rings. The Morgan fingerprint density at radius 1 is 1.41 bits per heavy atom. The molecule has 1 atom stereocenters. The largest absolute Gasteiger partial charge is 0.325 e. The van der Waals surface area contributed by atoms with Gasteiger partial charge in [0.15, 0.2) is 0 Å². The van der Waals surface area contributed by atoms with E-state index < -0.39 is 6.04 Å². The summed E-state index contributed by atoms with van der Waals surface area (Å²) in [5.41, 5.74) is 8.99. The van der Waals surface area contributed by atoms with Crippen molar-refractivity contribution in [2.45, 2.75) is 39.7 Å². The number of carbonyl (C=O) groups excluding carboxylic acids is 1. The summed E-state index contributed by atoms with van der Waals surface area (Å²) in [6, 6.07) is 5.52. The first kappa shape index (κ1) is 15.9. The third kappa shape index (κ3) is 4.36. The van der Waals surface area contributed by atoms with Crippen LogP contribution in [0.2, 0.25) is 0 Å². The first-order valence-electron chi connectivity index (χ1n) is 5.74. The average molecular weight is 257 g/mol. The van der Waals surface area contributed by atoms with E-state index >= 15 is 0 Å². The molecular weight excluding hydrogens is 236 g/mol. The summed E-state index contributed by atoms with van der Waals surface area (Å²) in [4.78, 5) is 11.6. The fourth-order valence-corrected chi connectivity index (χ4v) is 1.55. The topological polar surface area (TPSA) is 55.1 Å². The first-order valence-corrected chi connectivity index (χ1v) is 5.74. The number of nitrogens with two attached hydrogens (primary N) is 1. The van der Waals surface area contributed by atoms with Crippen molar-refractivity contribution in [2.24, 2.45) is 5.73 Å². The number of anilines is 1. The van der Waals surface area contributed by atoms with Crippen molar-refractivity contribution in [1.82, 2.24) is 0 Å². The standard InChI is InChI=1S/C13H20N2O.ClH/c1-4-10-8-11(7-6-9(10)3)15-13(16)12(14)5-2;/h6-8,12H,4-5,14H2,1-3H3,(H,15,16);1H/t12-;/m0./s1. The maximum absolute atomic E-state index is 11.6. The summed E-state index contributed by atoms with van der Waals surface area (Å²) in [5, 5.41) is 2.83. The van der Waals surface area contributed by atoms with Crippen LogP contribution in [0.4, 0.5) is 5.69 Å². The van der Waals surface area contributed by atoms with Crippen LogP contribution in [0, 0.1) is 6.92 Å². The highest BCUT2D eigenvalue weighted by Crippen LogP contribution is 2.16. The molecule has 0 heterocycles. The smallest absolute Gasteiger partial charge is 0.241 e. The number of hydrogen-bond donors (Lipinski definition) is 2. The van der Waals surface area contributed by atoms with Gasteiger partial charge >= 0.3 is 0 Å². The summed E-state index contributed by atoms with van der Waals surface area (Å²) in [6.07, 6.45) is 1.62. The number of carbonyl (C=O) groups is 1. The van der Waals surface area contributed by atoms with Gasteiger partial charge in [0.25, 0.3) is 0 Å². The molecule has 1 amide bonds. The Kier molecular flexibility index (Phi) is 6.85. The fraction of sp³-hybridized carbons (Fsp3) is 0.462. The van der Waals surface area contributed by atoms with Gasteiger partial charge in [-0.05, 0) is 43.0 Å². The van der Waals surface area contributed by atoms with Gasteiger partial charge in [0, 0.05) is 5.69 Å². The molecule has 3 N–H and O–H groups in total. The lowest BCUT2D eigenvalue weighted by Gasteiger charge is -2.12. The van der Waals surface area contributed by atoms with Crippen molar-refractivity contribution in [3.05, 3.63) is 29.3 Å². The minimum atomic E-state index is -0.425. The van der Waals surface area contributed by atoms with E-state index in [-0.39, 0.29) is 18.3 Å². The molecule has 0 unspecified atom stereocenters. The van der Waals surface area contributed by atoms with Crippen LogP contribution in [0.5, 0.6) is 0 Å². The highest BCUT2D eigenvalue weighted by atomic mass is 35.5. The van der Waals surface area contributed by atoms with Crippen LogP contribution in [0.25, 0.3) is 0 Å². The third-order valence-electron chi connectivity index (χ3n) is 2.77. The molecule has 17 heavy (non-hydrogen) atoms. The predicted octanol–water partition coefficient (Wildman–Crippen LogP) is 2.66. The Morgan fingerprint density at radius 3 is 2.59 bits per heavy atom. The molecule has 4 heteroatoms. The van der Waals surface area contributed by atoms with Crippen LogP contribution in [-0.2, 0) is 11.2 Å². The van der Waals surface area contributed by atoms with Gasteiger partial charge in [-0.15, -0.1) is 12.4 Å². The number of amides is 1. The minimum Gasteiger partial charge on any atom is -0.325 e. The summed E-state index contributed by atoms with van der Waals surface area (Å²) in [7, 11) is 0. The maximum atomic E-state index is 11.6. The molecule has 0 aromatic heterocycles. The second kappa shape index (κ2) is 7.30. The Balaban J connectivity index is 0.00000256. The Bertz CT molecular complexity index is 380. The first-order chi connectivity index (χ1) is 7.58. The van der Waals surface area contributed by atoms with Gasteiger partial charge in [0.1, 0.15) is 0 Å². The maximum Gasteiger partial charge on any atom is 0.241 e. The van der Waals surface area contributed by atoms with Gasteiger partial charge in [-0.1, -0.05) is 19.9 Å². The highest BCUT2D eigenvalue weighted by Gasteiger charge is 2.11. The van der Waals surface area contributed by atoms with E-state index in [2.05, 4.69) is 19.2 Å². The number of benzene rings is 1. The van der Waals surface area contributed by atoms with Crippen LogP contribution < -0.4 is 11.1 Å². The fourth-order valence-electron chi connectivity index (χ4n) is 1.55. The zero-order valence-corrected chi connectivity index (χ0v) is 11.4. The van der Waals surface area contributed by atoms with Crippen molar-refractivity contribution in [1.29, 1.82) is 0 Å². The van der Waals surface area contributed by atoms with Crippen LogP contribution in [0.1, 0.15) is 31.4 Å². The zero-order chi connectivity index (χ0) is 12.1. The average Bonchev–Trinajstić information content (AvgIpc) is 2.30. The molecule has 0 aliphatic carbocycles. The molecule has 1 aromatic carbocycles. The molecule has 0 fully saturated rings. The second-order valence-electron chi connectivity index (χ2n) is 4.00. The van der Waals surface area contributed by atoms with E-state index in [1.165, 1.54) is 11.1 Å². The number of rotatable bonds is 4. The van der Waals surface area contributed by atoms with E-state index in [4.69, 9.17) is 5.73 Å². The summed E-state index contributed by atoms with van der Waals surface area (Å²) >= 11 is 0. The third-order valence-corrected chi connectivity index (χ3v) is 2.77. The van der Waals surface area contributed by atoms with Crippen LogP contribution in [-0.4, -0.2) is 11.9 Å². The van der Waals surface area contributed by atoms with E-state index in [0.29, 0.717) is 6.42 Å². The van der Waals surface area contributed by atoms with Crippen molar-refractivity contribution in [2.75, 3.05) is 5.32 Å². The molecule has 0 saturated heterocycles. The molecule has 0 radical (unpaired) electrons. The number of halogens is 1. The van der Waals surface area contributed by atoms with Crippen molar-refractivity contribution >= 4 is 24.0 Å². The highest BCUT2D eigenvalue weighted by molar-refractivity contribution is 5.94. The summed E-state index contributed by atoms with van der Waals surface area (Å²) < 4.78 is 0. The van der Waals surface area contributed by atoms with E-state index in [0.717, 1.165) is 12.1 Å². The van der Waals surface area contributed by atoms with Gasteiger partial charge in [-0.25, -0.2) is 0 Å². The number of nitrogens with one attached hydrogen (secondary N) is 1. The zero-order valence-electron chi connectivity index (χ0n) is 10.6. The molecular formula is C13H21ClN2O. The molecule has 0 spiro atoms. The van der Waals surface area contributed by atoms with Gasteiger partial charge < -0.3 is 11.1 Å². The normalized spacial score (nSPS) is 11.5. The van der Waals surface area contributed by atoms with Crippen molar-refractivity contribution in [3.63, 3.8) is 0 Å². The van der Waals surface area contributed by atoms with Crippen LogP contribution >= 0.6 is 12.4 Å². The SMILES string of the molecule is CCc1cc(NC(=O)[C@@H](N)CC)ccc1C.Cl. The molecule has 96 valence electrons. The number of aryl methyl sites for hydroxylation is 2. The predicted molar refractivity (Wildman–Crippen MR) is 74.7 cm³/mol. The van der Waals surface area contributed by atoms with Gasteiger partial charge in [-0.3, -0.25) is 4.79 Å². The monoisotopic (exact) mass is 256 g/mol. The van der Waals surface area contributed by atoms with E-state index in [1.54, 1.807) is 0 Å². The molecule has 0 bridgehead atoms. The Labute approximate surface area is 109 Å². The molecule has 1 rings (SSSR count). The lowest BCUT2D eigenvalue weighted by Crippen LogP contribution is -2.34. The van der Waals surface area contributed by atoms with Gasteiger partial charge in [0.05, 0.1) is 6.04 Å². The van der Waals surface area contributed by atoms with Gasteiger partial charge in [0.2, 0.25) is 5.91 Å². The number of hydrogen-bond acceptors (Lipinski definition) is 2. The molecule has 0 saturated carbocycles. The lowest BCUT2D eigenvalue weighted by atomic mass is 10.1. The van der Waals surface area contributed by atoms with Crippen molar-refractivity contribution in [3.8, 4) is 0 Å². The quantitative estimate of drug-likeness (QED) is 0.870. The van der Waals surface area contributed by atoms with Crippen molar-refractivity contribution < 1.29 is 4.79 Å². The summed E-state index contributed by atoms with van der Waals surface area (Å²) in [6.45, 7) is 6.07. The van der Waals surface area contributed by atoms with Crippen LogP contribution in [0.3, 0.4) is 0 Å². The van der Waals surface area contributed by atoms with E-state index in [9.17, 15) is 4.79 Å². The lowest BCUT2D eigenvalue weighted by molar-refractivity contribution is -0.117. The second-order valence-corrected chi connectivity index (χ2v) is 4.00. The molecule has 3 nitrogen and oxygen atoms in total. The Hall–Kier alpha value is -1.06. The van der Waals surface area contributed by atoms with Crippen LogP contribution in [0.15, 0.2) is 18.2 Å².